The van der Waals surface area contributed by atoms with E-state index in [0.717, 1.165) is 0 Å². The van der Waals surface area contributed by atoms with Crippen molar-refractivity contribution in [3.8, 4) is 0 Å². The van der Waals surface area contributed by atoms with Crippen molar-refractivity contribution in [1.29, 1.82) is 0 Å². The minimum Gasteiger partial charge on any atom is -0.467 e. The molecular weight excluding hydrogens is 360 g/mol. The van der Waals surface area contributed by atoms with Crippen LogP contribution >= 0.6 is 11.8 Å². The highest BCUT2D eigenvalue weighted by Gasteiger charge is 2.15. The molecule has 0 aliphatic rings. The maximum absolute atomic E-state index is 12.0. The molecule has 0 saturated heterocycles. The van der Waals surface area contributed by atoms with Gasteiger partial charge in [0.15, 0.2) is 0 Å². The second kappa shape index (κ2) is 8.25. The summed E-state index contributed by atoms with van der Waals surface area (Å²) in [6, 6.07) is 9.60. The summed E-state index contributed by atoms with van der Waals surface area (Å²) >= 11 is 1.32. The number of aromatic nitrogens is 4. The monoisotopic (exact) mass is 374 g/mol. The number of furan rings is 1. The Morgan fingerprint density at radius 1 is 1.31 bits per heavy atom. The highest BCUT2D eigenvalue weighted by atomic mass is 32.2. The molecule has 26 heavy (non-hydrogen) atoms. The maximum Gasteiger partial charge on any atom is 0.292 e. The number of nitro groups is 1. The van der Waals surface area contributed by atoms with Crippen molar-refractivity contribution in [2.75, 3.05) is 11.1 Å². The van der Waals surface area contributed by atoms with E-state index in [1.807, 2.05) is 6.07 Å². The third-order valence-corrected chi connectivity index (χ3v) is 4.28. The van der Waals surface area contributed by atoms with Crippen LogP contribution in [-0.4, -0.2) is 36.8 Å². The van der Waals surface area contributed by atoms with Crippen LogP contribution in [0.5, 0.6) is 0 Å². The van der Waals surface area contributed by atoms with Gasteiger partial charge in [-0.25, -0.2) is 4.68 Å². The van der Waals surface area contributed by atoms with Crippen LogP contribution in [0.4, 0.5) is 11.4 Å². The van der Waals surface area contributed by atoms with Crippen LogP contribution in [0.3, 0.4) is 0 Å². The van der Waals surface area contributed by atoms with Crippen molar-refractivity contribution in [2.45, 2.75) is 18.1 Å². The maximum atomic E-state index is 12.0. The molecule has 0 atom stereocenters. The number of carbonyl (C=O) groups is 1. The van der Waals surface area contributed by atoms with Gasteiger partial charge < -0.3 is 9.73 Å². The fraction of sp³-hybridized carbons (Fsp3) is 0.200. The molecule has 11 heteroatoms. The van der Waals surface area contributed by atoms with Gasteiger partial charge in [-0.15, -0.1) is 5.10 Å². The first-order chi connectivity index (χ1) is 12.6. The molecule has 3 rings (SSSR count). The number of nitrogens with one attached hydrogen (secondary N) is 1. The Labute approximate surface area is 151 Å². The van der Waals surface area contributed by atoms with Crippen LogP contribution in [0.25, 0.3) is 0 Å². The van der Waals surface area contributed by atoms with Gasteiger partial charge in [0.05, 0.1) is 11.2 Å². The molecule has 10 nitrogen and oxygen atoms in total. The fourth-order valence-corrected chi connectivity index (χ4v) is 2.95. The molecule has 134 valence electrons. The molecule has 0 radical (unpaired) electrons. The van der Waals surface area contributed by atoms with Gasteiger partial charge in [-0.05, 0) is 28.6 Å². The molecule has 1 aromatic carbocycles. The van der Waals surface area contributed by atoms with Crippen LogP contribution in [0.2, 0.25) is 0 Å². The molecule has 0 spiro atoms. The lowest BCUT2D eigenvalue weighted by atomic mass is 10.2. The summed E-state index contributed by atoms with van der Waals surface area (Å²) in [6.07, 6.45) is 1.73. The number of tetrazole rings is 1. The average molecular weight is 374 g/mol. The van der Waals surface area contributed by atoms with Gasteiger partial charge in [-0.3, -0.25) is 14.9 Å². The van der Waals surface area contributed by atoms with Gasteiger partial charge >= 0.3 is 0 Å². The van der Waals surface area contributed by atoms with Crippen molar-refractivity contribution >= 4 is 29.0 Å². The zero-order valence-electron chi connectivity index (χ0n) is 13.4. The van der Waals surface area contributed by atoms with Gasteiger partial charge in [0.2, 0.25) is 11.1 Å². The highest BCUT2D eigenvalue weighted by molar-refractivity contribution is 7.99. The Kier molecular flexibility index (Phi) is 5.59. The number of carbonyl (C=O) groups excluding carboxylic acids is 1. The zero-order valence-corrected chi connectivity index (χ0v) is 14.3. The van der Waals surface area contributed by atoms with E-state index in [4.69, 9.17) is 4.42 Å². The molecule has 2 heterocycles. The number of hydrogen-bond acceptors (Lipinski definition) is 8. The first-order valence-corrected chi connectivity index (χ1v) is 8.56. The van der Waals surface area contributed by atoms with Crippen molar-refractivity contribution in [1.82, 2.24) is 20.2 Å². The fourth-order valence-electron chi connectivity index (χ4n) is 2.14. The standard InChI is InChI=1S/C15H14N6O4S/c22-14(16-12-5-1-2-6-13(12)21(23)24)7-9-26-15-17-18-19-20(15)10-11-4-3-8-25-11/h1-6,8H,7,9-10H2,(H,16,22). The molecule has 0 aliphatic carbocycles. The number of nitrogens with zero attached hydrogens (tertiary/aromatic N) is 5. The van der Waals surface area contributed by atoms with Gasteiger partial charge in [0.25, 0.3) is 5.69 Å². The molecular formula is C15H14N6O4S. The van der Waals surface area contributed by atoms with Gasteiger partial charge in [-0.2, -0.15) is 0 Å². The van der Waals surface area contributed by atoms with Crippen LogP contribution in [0, 0.1) is 10.1 Å². The normalized spacial score (nSPS) is 10.6. The molecule has 0 aliphatic heterocycles. The lowest BCUT2D eigenvalue weighted by Gasteiger charge is -2.06. The van der Waals surface area contributed by atoms with E-state index in [2.05, 4.69) is 20.8 Å². The summed E-state index contributed by atoms with van der Waals surface area (Å²) in [5.74, 6) is 0.815. The number of para-hydroxylation sites is 2. The minimum atomic E-state index is -0.535. The summed E-state index contributed by atoms with van der Waals surface area (Å²) in [4.78, 5) is 22.5. The van der Waals surface area contributed by atoms with E-state index in [0.29, 0.717) is 23.2 Å². The third-order valence-electron chi connectivity index (χ3n) is 3.32. The molecule has 0 bridgehead atoms. The topological polar surface area (TPSA) is 129 Å². The quantitative estimate of drug-likeness (QED) is 0.361. The third kappa shape index (κ3) is 4.45. The van der Waals surface area contributed by atoms with Crippen molar-refractivity contribution in [3.05, 3.63) is 58.5 Å². The Balaban J connectivity index is 1.52. The molecule has 0 saturated carbocycles. The van der Waals surface area contributed by atoms with Gasteiger partial charge in [-0.1, -0.05) is 23.9 Å². The Morgan fingerprint density at radius 3 is 2.92 bits per heavy atom. The van der Waals surface area contributed by atoms with Crippen molar-refractivity contribution in [2.24, 2.45) is 0 Å². The molecule has 2 aromatic heterocycles. The average Bonchev–Trinajstić information content (AvgIpc) is 3.28. The van der Waals surface area contributed by atoms with Crippen LogP contribution in [-0.2, 0) is 11.3 Å². The van der Waals surface area contributed by atoms with E-state index in [1.165, 1.54) is 23.9 Å². The lowest BCUT2D eigenvalue weighted by molar-refractivity contribution is -0.383. The predicted molar refractivity (Wildman–Crippen MR) is 92.7 cm³/mol. The molecule has 0 fully saturated rings. The summed E-state index contributed by atoms with van der Waals surface area (Å²) in [6.45, 7) is 0.394. The highest BCUT2D eigenvalue weighted by Crippen LogP contribution is 2.23. The number of benzene rings is 1. The smallest absolute Gasteiger partial charge is 0.292 e. The summed E-state index contributed by atoms with van der Waals surface area (Å²) in [5, 5.41) is 25.5. The summed E-state index contributed by atoms with van der Waals surface area (Å²) in [5.41, 5.74) is 0.0334. The van der Waals surface area contributed by atoms with Crippen LogP contribution in [0.15, 0.2) is 52.2 Å². The van der Waals surface area contributed by atoms with Crippen molar-refractivity contribution < 1.29 is 14.1 Å². The summed E-state index contributed by atoms with van der Waals surface area (Å²) < 4.78 is 6.83. The van der Waals surface area contributed by atoms with Crippen molar-refractivity contribution in [3.63, 3.8) is 0 Å². The molecule has 1 amide bonds. The number of amides is 1. The first-order valence-electron chi connectivity index (χ1n) is 7.58. The Hall–Kier alpha value is -3.21. The van der Waals surface area contributed by atoms with E-state index in [1.54, 1.807) is 29.1 Å². The second-order valence-corrected chi connectivity index (χ2v) is 6.18. The van der Waals surface area contributed by atoms with Crippen LogP contribution in [0.1, 0.15) is 12.2 Å². The van der Waals surface area contributed by atoms with E-state index in [-0.39, 0.29) is 23.7 Å². The Bertz CT molecular complexity index is 895. The Morgan fingerprint density at radius 2 is 2.15 bits per heavy atom. The predicted octanol–water partition coefficient (Wildman–Crippen LogP) is 2.34. The summed E-state index contributed by atoms with van der Waals surface area (Å²) in [7, 11) is 0. The van der Waals surface area contributed by atoms with E-state index >= 15 is 0 Å². The number of hydrogen-bond donors (Lipinski definition) is 1. The van der Waals surface area contributed by atoms with Gasteiger partial charge in [0.1, 0.15) is 18.0 Å². The molecule has 1 N–H and O–H groups in total. The van der Waals surface area contributed by atoms with Gasteiger partial charge in [0, 0.05) is 18.2 Å². The lowest BCUT2D eigenvalue weighted by Crippen LogP contribution is -2.13. The number of anilines is 1. The number of thioether (sulfide) groups is 1. The SMILES string of the molecule is O=C(CCSc1nnnn1Cc1ccco1)Nc1ccccc1[N+](=O)[O-]. The van der Waals surface area contributed by atoms with E-state index < -0.39 is 4.92 Å². The van der Waals surface area contributed by atoms with Crippen LogP contribution < -0.4 is 5.32 Å². The largest absolute Gasteiger partial charge is 0.467 e. The minimum absolute atomic E-state index is 0.143. The van der Waals surface area contributed by atoms with E-state index in [9.17, 15) is 14.9 Å². The number of rotatable bonds is 8. The second-order valence-electron chi connectivity index (χ2n) is 5.12. The molecule has 0 unspecified atom stereocenters. The first kappa shape index (κ1) is 17.6. The number of nitro benzene ring substituents is 1. The zero-order chi connectivity index (χ0) is 18.4. The molecule has 3 aromatic rings.